The van der Waals surface area contributed by atoms with Crippen molar-refractivity contribution in [2.75, 3.05) is 31.1 Å². The van der Waals surface area contributed by atoms with E-state index in [0.717, 1.165) is 24.3 Å². The highest BCUT2D eigenvalue weighted by molar-refractivity contribution is 7.90. The molecule has 186 valence electrons. The molecule has 35 heavy (non-hydrogen) atoms. The van der Waals surface area contributed by atoms with Crippen molar-refractivity contribution in [3.8, 4) is 0 Å². The van der Waals surface area contributed by atoms with Crippen LogP contribution in [0.1, 0.15) is 31.1 Å². The van der Waals surface area contributed by atoms with E-state index >= 15 is 0 Å². The van der Waals surface area contributed by atoms with Crippen LogP contribution in [0, 0.1) is 6.92 Å². The number of benzene rings is 3. The molecule has 7 nitrogen and oxygen atoms in total. The molecule has 0 radical (unpaired) electrons. The van der Waals surface area contributed by atoms with Gasteiger partial charge in [-0.2, -0.15) is 8.61 Å². The highest BCUT2D eigenvalue weighted by atomic mass is 32.2. The molecule has 0 saturated carbocycles. The molecule has 0 amide bonds. The van der Waals surface area contributed by atoms with E-state index in [9.17, 15) is 16.8 Å². The first kappa shape index (κ1) is 25.4. The van der Waals surface area contributed by atoms with Crippen molar-refractivity contribution in [3.05, 3.63) is 90.0 Å². The minimum absolute atomic E-state index is 0.0603. The van der Waals surface area contributed by atoms with Crippen LogP contribution >= 0.6 is 0 Å². The first-order chi connectivity index (χ1) is 16.7. The fourth-order valence-corrected chi connectivity index (χ4v) is 7.66. The topological polar surface area (TPSA) is 78.0 Å². The van der Waals surface area contributed by atoms with E-state index in [1.807, 2.05) is 31.2 Å². The third-order valence-corrected chi connectivity index (χ3v) is 10.1. The zero-order valence-corrected chi connectivity index (χ0v) is 21.8. The molecule has 0 bridgehead atoms. The van der Waals surface area contributed by atoms with Crippen LogP contribution in [0.3, 0.4) is 0 Å². The Bertz CT molecular complexity index is 1350. The maximum absolute atomic E-state index is 13.7. The Kier molecular flexibility index (Phi) is 7.32. The monoisotopic (exact) mass is 513 g/mol. The number of rotatable bonds is 8. The van der Waals surface area contributed by atoms with Crippen LogP contribution < -0.4 is 4.90 Å². The number of hydrogen-bond donors (Lipinski definition) is 0. The van der Waals surface area contributed by atoms with E-state index in [-0.39, 0.29) is 22.9 Å². The fraction of sp³-hybridized carbons (Fsp3) is 0.308. The average Bonchev–Trinajstić information content (AvgIpc) is 3.33. The molecule has 0 unspecified atom stereocenters. The number of aryl methyl sites for hydroxylation is 1. The van der Waals surface area contributed by atoms with Crippen LogP contribution in [-0.2, 0) is 20.0 Å². The van der Waals surface area contributed by atoms with Crippen molar-refractivity contribution >= 4 is 25.7 Å². The van der Waals surface area contributed by atoms with E-state index < -0.39 is 26.2 Å². The van der Waals surface area contributed by atoms with Crippen LogP contribution in [0.2, 0.25) is 0 Å². The molecule has 1 fully saturated rings. The summed E-state index contributed by atoms with van der Waals surface area (Å²) in [5.41, 5.74) is 2.55. The van der Waals surface area contributed by atoms with Gasteiger partial charge in [-0.25, -0.2) is 16.8 Å². The van der Waals surface area contributed by atoms with Gasteiger partial charge in [0.2, 0.25) is 20.0 Å². The predicted octanol–water partition coefficient (Wildman–Crippen LogP) is 4.24. The second-order valence-corrected chi connectivity index (χ2v) is 12.3. The average molecular weight is 514 g/mol. The number of anilines is 1. The molecular formula is C26H31N3O4S2. The van der Waals surface area contributed by atoms with Crippen LogP contribution in [0.5, 0.6) is 0 Å². The molecule has 0 N–H and O–H groups in total. The van der Waals surface area contributed by atoms with Crippen molar-refractivity contribution in [2.24, 2.45) is 0 Å². The van der Waals surface area contributed by atoms with E-state index in [0.29, 0.717) is 5.56 Å². The lowest BCUT2D eigenvalue weighted by atomic mass is 10.1. The maximum Gasteiger partial charge on any atom is 0.244 e. The number of hydrogen-bond acceptors (Lipinski definition) is 5. The third-order valence-electron chi connectivity index (χ3n) is 6.38. The summed E-state index contributed by atoms with van der Waals surface area (Å²) in [5, 5.41) is 0. The standard InChI is InChI=1S/C26H31N3O4S2/c1-4-27(5-2)23-15-13-22(14-16-23)26-28(34(30,31)24-9-7-6-8-10-24)19-20-29(26)35(32,33)25-17-11-21(3)12-18-25/h6-18,26H,4-5,19-20H2,1-3H3/t26-/m0/s1. The Morgan fingerprint density at radius 2 is 1.20 bits per heavy atom. The van der Waals surface area contributed by atoms with Gasteiger partial charge in [-0.3, -0.25) is 0 Å². The van der Waals surface area contributed by atoms with Crippen molar-refractivity contribution in [2.45, 2.75) is 36.7 Å². The van der Waals surface area contributed by atoms with Gasteiger partial charge in [0.15, 0.2) is 0 Å². The van der Waals surface area contributed by atoms with Gasteiger partial charge in [0.25, 0.3) is 0 Å². The largest absolute Gasteiger partial charge is 0.372 e. The Labute approximate surface area is 208 Å². The summed E-state index contributed by atoms with van der Waals surface area (Å²) in [6.07, 6.45) is -0.989. The van der Waals surface area contributed by atoms with Gasteiger partial charge in [-0.15, -0.1) is 0 Å². The third kappa shape index (κ3) is 4.86. The van der Waals surface area contributed by atoms with E-state index in [2.05, 4.69) is 18.7 Å². The molecule has 9 heteroatoms. The van der Waals surface area contributed by atoms with E-state index in [1.165, 1.54) is 20.7 Å². The van der Waals surface area contributed by atoms with Crippen molar-refractivity contribution in [1.82, 2.24) is 8.61 Å². The van der Waals surface area contributed by atoms with Crippen molar-refractivity contribution < 1.29 is 16.8 Å². The van der Waals surface area contributed by atoms with E-state index in [4.69, 9.17) is 0 Å². The molecule has 1 heterocycles. The summed E-state index contributed by atoms with van der Waals surface area (Å²) in [6.45, 7) is 7.82. The van der Waals surface area contributed by atoms with Gasteiger partial charge >= 0.3 is 0 Å². The molecule has 1 atom stereocenters. The molecule has 1 aliphatic heterocycles. The molecule has 0 aromatic heterocycles. The lowest BCUT2D eigenvalue weighted by molar-refractivity contribution is 0.292. The van der Waals surface area contributed by atoms with E-state index in [1.54, 1.807) is 42.5 Å². The highest BCUT2D eigenvalue weighted by Gasteiger charge is 2.46. The SMILES string of the molecule is CCN(CC)c1ccc([C@H]2N(S(=O)(=O)c3ccccc3)CCN2S(=O)(=O)c2ccc(C)cc2)cc1. The van der Waals surface area contributed by atoms with Crippen molar-refractivity contribution in [1.29, 1.82) is 0 Å². The second kappa shape index (κ2) is 10.1. The Morgan fingerprint density at radius 3 is 1.69 bits per heavy atom. The van der Waals surface area contributed by atoms with Crippen molar-refractivity contribution in [3.63, 3.8) is 0 Å². The van der Waals surface area contributed by atoms with Crippen LogP contribution in [0.4, 0.5) is 5.69 Å². The van der Waals surface area contributed by atoms with Gasteiger partial charge in [-0.05, 0) is 62.7 Å². The molecule has 0 spiro atoms. The summed E-state index contributed by atoms with van der Waals surface area (Å²) >= 11 is 0. The molecule has 4 rings (SSSR count). The fourth-order valence-electron chi connectivity index (χ4n) is 4.44. The Morgan fingerprint density at radius 1 is 0.714 bits per heavy atom. The van der Waals surface area contributed by atoms with Gasteiger partial charge in [-0.1, -0.05) is 48.0 Å². The molecule has 3 aromatic carbocycles. The van der Waals surface area contributed by atoms with Gasteiger partial charge in [0.05, 0.1) is 9.79 Å². The zero-order valence-electron chi connectivity index (χ0n) is 20.2. The lowest BCUT2D eigenvalue weighted by Gasteiger charge is -2.30. The minimum atomic E-state index is -3.95. The van der Waals surface area contributed by atoms with Gasteiger partial charge < -0.3 is 4.90 Å². The molecule has 1 saturated heterocycles. The predicted molar refractivity (Wildman–Crippen MR) is 138 cm³/mol. The second-order valence-electron chi connectivity index (χ2n) is 8.50. The first-order valence-electron chi connectivity index (χ1n) is 11.7. The molecule has 0 aliphatic carbocycles. The summed E-state index contributed by atoms with van der Waals surface area (Å²) < 4.78 is 57.3. The smallest absolute Gasteiger partial charge is 0.244 e. The number of sulfonamides is 2. The van der Waals surface area contributed by atoms with Crippen LogP contribution in [0.25, 0.3) is 0 Å². The van der Waals surface area contributed by atoms with Crippen LogP contribution in [-0.4, -0.2) is 51.6 Å². The Hall–Kier alpha value is -2.72. The molecule has 3 aromatic rings. The summed E-state index contributed by atoms with van der Waals surface area (Å²) in [7, 11) is -7.88. The molecule has 1 aliphatic rings. The normalized spacial score (nSPS) is 17.5. The molecular weight excluding hydrogens is 482 g/mol. The minimum Gasteiger partial charge on any atom is -0.372 e. The highest BCUT2D eigenvalue weighted by Crippen LogP contribution is 2.39. The summed E-state index contributed by atoms with van der Waals surface area (Å²) in [5.74, 6) is 0. The zero-order chi connectivity index (χ0) is 25.2. The maximum atomic E-state index is 13.7. The summed E-state index contributed by atoms with van der Waals surface area (Å²) in [6, 6.07) is 22.3. The summed E-state index contributed by atoms with van der Waals surface area (Å²) in [4.78, 5) is 2.46. The Balaban J connectivity index is 1.81. The number of nitrogens with zero attached hydrogens (tertiary/aromatic N) is 3. The van der Waals surface area contributed by atoms with Crippen LogP contribution in [0.15, 0.2) is 88.7 Å². The quantitative estimate of drug-likeness (QED) is 0.450. The lowest BCUT2D eigenvalue weighted by Crippen LogP contribution is -2.38. The first-order valence-corrected chi connectivity index (χ1v) is 14.6. The van der Waals surface area contributed by atoms with Gasteiger partial charge in [0, 0.05) is 31.9 Å². The van der Waals surface area contributed by atoms with Gasteiger partial charge in [0.1, 0.15) is 6.17 Å².